The van der Waals surface area contributed by atoms with Gasteiger partial charge in [-0.25, -0.2) is 19.7 Å². The summed E-state index contributed by atoms with van der Waals surface area (Å²) >= 11 is 1.25. The lowest BCUT2D eigenvalue weighted by molar-refractivity contribution is -0.198. The fourth-order valence-electron chi connectivity index (χ4n) is 8.60. The maximum atomic E-state index is 14.1. The number of rotatable bonds is 13. The van der Waals surface area contributed by atoms with E-state index in [2.05, 4.69) is 25.9 Å². The number of benzene rings is 4. The summed E-state index contributed by atoms with van der Waals surface area (Å²) in [6, 6.07) is 24.0. The van der Waals surface area contributed by atoms with Crippen LogP contribution in [0.3, 0.4) is 0 Å². The number of ether oxygens (including phenoxy) is 4. The van der Waals surface area contributed by atoms with Crippen LogP contribution in [0.1, 0.15) is 81.0 Å². The Balaban J connectivity index is 0.847. The molecule has 346 valence electrons. The zero-order valence-electron chi connectivity index (χ0n) is 36.7. The SMILES string of the molecule is COc1cc2c(cc1OCc1cccc(CC(=O)Nc3cn(C)c(C(=O)Nc4nc5cc(C(=O)Nc6ccccc6)ccc5s4)n3)c1)N(C(=O)O)C(OC1CCCCO1)[C@@H]1CCCCN1C2=O. The van der Waals surface area contributed by atoms with Crippen LogP contribution in [0.5, 0.6) is 11.5 Å². The number of methoxy groups -OCH3 is 1. The van der Waals surface area contributed by atoms with Gasteiger partial charge in [0.25, 0.3) is 17.7 Å². The average molecular weight is 929 g/mol. The first-order valence-corrected chi connectivity index (χ1v) is 22.8. The monoisotopic (exact) mass is 928 g/mol. The van der Waals surface area contributed by atoms with Gasteiger partial charge in [-0.2, -0.15) is 0 Å². The Labute approximate surface area is 388 Å². The lowest BCUT2D eigenvalue weighted by Gasteiger charge is -2.42. The lowest BCUT2D eigenvalue weighted by Crippen LogP contribution is -2.57. The zero-order valence-corrected chi connectivity index (χ0v) is 37.5. The van der Waals surface area contributed by atoms with Crippen molar-refractivity contribution in [1.82, 2.24) is 19.4 Å². The number of hydrogen-bond acceptors (Lipinski definition) is 12. The number of nitrogens with zero attached hydrogens (tertiary/aromatic N) is 5. The average Bonchev–Trinajstić information content (AvgIpc) is 3.89. The van der Waals surface area contributed by atoms with Crippen molar-refractivity contribution in [2.24, 2.45) is 7.05 Å². The Bertz CT molecular complexity index is 2840. The zero-order chi connectivity index (χ0) is 46.6. The molecule has 2 unspecified atom stereocenters. The van der Waals surface area contributed by atoms with Crippen LogP contribution < -0.4 is 30.3 Å². The number of anilines is 4. The molecule has 0 spiro atoms. The normalized spacial score (nSPS) is 18.1. The largest absolute Gasteiger partial charge is 0.493 e. The van der Waals surface area contributed by atoms with E-state index in [1.165, 1.54) is 41.3 Å². The maximum Gasteiger partial charge on any atom is 0.414 e. The Hall–Kier alpha value is -7.35. The number of hydrogen-bond donors (Lipinski definition) is 4. The van der Waals surface area contributed by atoms with Crippen molar-refractivity contribution >= 4 is 73.6 Å². The van der Waals surface area contributed by atoms with E-state index in [-0.39, 0.29) is 65.1 Å². The Morgan fingerprint density at radius 3 is 2.48 bits per heavy atom. The highest BCUT2D eigenvalue weighted by molar-refractivity contribution is 7.22. The quantitative estimate of drug-likeness (QED) is 0.0878. The number of piperidine rings is 1. The Morgan fingerprint density at radius 1 is 0.866 bits per heavy atom. The predicted molar refractivity (Wildman–Crippen MR) is 249 cm³/mol. The second kappa shape index (κ2) is 19.6. The number of amides is 5. The van der Waals surface area contributed by atoms with Gasteiger partial charge in [-0.1, -0.05) is 53.8 Å². The van der Waals surface area contributed by atoms with Crippen LogP contribution in [0.25, 0.3) is 10.2 Å². The van der Waals surface area contributed by atoms with Crippen molar-refractivity contribution in [1.29, 1.82) is 0 Å². The fourth-order valence-corrected chi connectivity index (χ4v) is 9.44. The van der Waals surface area contributed by atoms with E-state index in [9.17, 15) is 29.1 Å². The standard InChI is InChI=1S/C48H48N8O10S/c1-54-26-39(52-42(54)44(59)53-47-50-33-23-30(17-18-38(33)67-47)43(58)49-31-13-4-3-5-14-31)51-40(57)22-28-11-10-12-29(21-28)27-65-37-25-35-32(24-36(37)63-2)45(60)55-19-8-6-15-34(55)46(56(35)48(61)62)66-41-16-7-9-20-64-41/h3-5,10-14,17-18,21,23-26,34,41,46H,6-9,15-16,19-20,22,27H2,1-2H3,(H,49,58)(H,51,57)(H,61,62)(H,50,53,59)/t34-,41?,46?/m0/s1. The first-order chi connectivity index (χ1) is 32.5. The summed E-state index contributed by atoms with van der Waals surface area (Å²) in [5.41, 5.74) is 3.30. The Morgan fingerprint density at radius 2 is 1.69 bits per heavy atom. The molecule has 4 aromatic carbocycles. The van der Waals surface area contributed by atoms with Crippen LogP contribution >= 0.6 is 11.3 Å². The van der Waals surface area contributed by atoms with Gasteiger partial charge in [-0.05, 0) is 86.1 Å². The van der Waals surface area contributed by atoms with Crippen molar-refractivity contribution in [3.8, 4) is 11.5 Å². The molecule has 2 saturated heterocycles. The molecule has 0 aliphatic carbocycles. The van der Waals surface area contributed by atoms with Crippen molar-refractivity contribution in [2.45, 2.75) is 70.1 Å². The smallest absolute Gasteiger partial charge is 0.414 e. The van der Waals surface area contributed by atoms with Gasteiger partial charge >= 0.3 is 6.09 Å². The van der Waals surface area contributed by atoms with Crippen LogP contribution in [0, 0.1) is 0 Å². The van der Waals surface area contributed by atoms with Gasteiger partial charge in [-0.15, -0.1) is 0 Å². The van der Waals surface area contributed by atoms with Gasteiger partial charge in [0.2, 0.25) is 11.7 Å². The third-order valence-electron chi connectivity index (χ3n) is 11.8. The molecule has 9 rings (SSSR count). The summed E-state index contributed by atoms with van der Waals surface area (Å²) < 4.78 is 26.5. The van der Waals surface area contributed by atoms with Crippen LogP contribution in [0.15, 0.2) is 91.1 Å². The molecule has 0 saturated carbocycles. The van der Waals surface area contributed by atoms with Gasteiger partial charge < -0.3 is 44.2 Å². The first-order valence-electron chi connectivity index (χ1n) is 22.0. The van der Waals surface area contributed by atoms with Crippen molar-refractivity contribution in [2.75, 3.05) is 41.1 Å². The summed E-state index contributed by atoms with van der Waals surface area (Å²) in [7, 11) is 3.09. The van der Waals surface area contributed by atoms with E-state index >= 15 is 0 Å². The minimum absolute atomic E-state index is 0.0222. The van der Waals surface area contributed by atoms with Crippen LogP contribution in [0.2, 0.25) is 0 Å². The van der Waals surface area contributed by atoms with Crippen LogP contribution in [-0.2, 0) is 34.3 Å². The summed E-state index contributed by atoms with van der Waals surface area (Å²) in [5, 5.41) is 19.4. The number of carbonyl (C=O) groups excluding carboxylic acids is 4. The third-order valence-corrected chi connectivity index (χ3v) is 12.8. The summed E-state index contributed by atoms with van der Waals surface area (Å²) in [6.45, 7) is 0.997. The number of fused-ring (bicyclic) bond motifs is 3. The fraction of sp³-hybridized carbons (Fsp3) is 0.312. The highest BCUT2D eigenvalue weighted by Crippen LogP contribution is 2.42. The van der Waals surface area contributed by atoms with Gasteiger partial charge in [0, 0.05) is 43.7 Å². The van der Waals surface area contributed by atoms with Gasteiger partial charge in [0.15, 0.2) is 35.0 Å². The number of nitrogens with one attached hydrogen (secondary N) is 3. The van der Waals surface area contributed by atoms with E-state index < -0.39 is 30.6 Å². The molecule has 0 radical (unpaired) electrons. The molecule has 3 aliphatic rings. The molecule has 5 amide bonds. The number of imidazole rings is 1. The molecule has 2 fully saturated rings. The molecule has 3 atom stereocenters. The van der Waals surface area contributed by atoms with E-state index in [1.54, 1.807) is 54.4 Å². The number of carboxylic acid groups (broad SMARTS) is 1. The molecule has 3 aliphatic heterocycles. The van der Waals surface area contributed by atoms with E-state index in [0.717, 1.165) is 35.3 Å². The van der Waals surface area contributed by atoms with Gasteiger partial charge in [-0.3, -0.25) is 24.5 Å². The second-order valence-corrected chi connectivity index (χ2v) is 17.5. The topological polar surface area (TPSA) is 216 Å². The van der Waals surface area contributed by atoms with Gasteiger partial charge in [0.05, 0.1) is 41.0 Å². The highest BCUT2D eigenvalue weighted by atomic mass is 32.1. The predicted octanol–water partition coefficient (Wildman–Crippen LogP) is 7.67. The summed E-state index contributed by atoms with van der Waals surface area (Å²) in [4.78, 5) is 78.4. The molecule has 6 aromatic rings. The van der Waals surface area contributed by atoms with Gasteiger partial charge in [0.1, 0.15) is 6.61 Å². The number of aryl methyl sites for hydroxylation is 1. The number of thiazole rings is 1. The molecule has 18 nitrogen and oxygen atoms in total. The van der Waals surface area contributed by atoms with Crippen LogP contribution in [0.4, 0.5) is 27.1 Å². The minimum atomic E-state index is -1.28. The van der Waals surface area contributed by atoms with Crippen molar-refractivity contribution in [3.05, 3.63) is 119 Å². The maximum absolute atomic E-state index is 14.1. The van der Waals surface area contributed by atoms with Crippen molar-refractivity contribution < 1.29 is 48.0 Å². The molecule has 19 heteroatoms. The highest BCUT2D eigenvalue weighted by Gasteiger charge is 2.46. The Kier molecular flexibility index (Phi) is 13.1. The molecular weight excluding hydrogens is 881 g/mol. The summed E-state index contributed by atoms with van der Waals surface area (Å²) in [5.74, 6) is -0.831. The molecule has 5 heterocycles. The van der Waals surface area contributed by atoms with E-state index in [4.69, 9.17) is 18.9 Å². The first kappa shape index (κ1) is 44.8. The molecule has 4 N–H and O–H groups in total. The van der Waals surface area contributed by atoms with E-state index in [1.807, 2.05) is 30.3 Å². The van der Waals surface area contributed by atoms with E-state index in [0.29, 0.717) is 59.0 Å². The summed E-state index contributed by atoms with van der Waals surface area (Å²) in [6.07, 6.45) is 3.20. The number of para-hydroxylation sites is 1. The third kappa shape index (κ3) is 9.93. The minimum Gasteiger partial charge on any atom is -0.493 e. The molecule has 67 heavy (non-hydrogen) atoms. The molecule has 2 aromatic heterocycles. The second-order valence-electron chi connectivity index (χ2n) is 16.4. The molecular formula is C48H48N8O10S. The molecule has 0 bridgehead atoms. The number of aromatic nitrogens is 3. The number of carbonyl (C=O) groups is 5. The lowest BCUT2D eigenvalue weighted by atomic mass is 10.00. The van der Waals surface area contributed by atoms with Crippen molar-refractivity contribution in [3.63, 3.8) is 0 Å². The van der Waals surface area contributed by atoms with Crippen LogP contribution in [-0.4, -0.2) is 93.1 Å².